The molecule has 2 aromatic carbocycles. The van der Waals surface area contributed by atoms with Crippen LogP contribution in [0.4, 0.5) is 9.59 Å². The molecule has 212 valence electrons. The van der Waals surface area contributed by atoms with E-state index >= 15 is 0 Å². The number of nitrogens with one attached hydrogen (secondary N) is 3. The number of carbonyl (C=O) groups is 3. The molecular formula is C29H39N3O7. The summed E-state index contributed by atoms with van der Waals surface area (Å²) in [6.07, 6.45) is -0.413. The molecule has 0 aliphatic heterocycles. The summed E-state index contributed by atoms with van der Waals surface area (Å²) in [4.78, 5) is 35.6. The minimum absolute atomic E-state index is 0.0155. The van der Waals surface area contributed by atoms with Crippen molar-refractivity contribution in [1.82, 2.24) is 16.0 Å². The van der Waals surface area contributed by atoms with Gasteiger partial charge in [-0.2, -0.15) is 0 Å². The van der Waals surface area contributed by atoms with E-state index in [1.807, 2.05) is 24.3 Å². The van der Waals surface area contributed by atoms with E-state index in [0.717, 1.165) is 11.1 Å². The molecular weight excluding hydrogens is 502 g/mol. The van der Waals surface area contributed by atoms with E-state index in [-0.39, 0.29) is 31.6 Å². The van der Waals surface area contributed by atoms with E-state index in [0.29, 0.717) is 39.3 Å². The first-order valence-corrected chi connectivity index (χ1v) is 13.2. The standard InChI is InChI=1S/C29H39N3O7/c1-29(2,3)39-28(35)32-15-16-36-17-18-37-20-26(33)30-13-8-14-31-27(34)38-19-25-23-11-6-4-9-21(23)22-10-5-7-12-24(22)25/h4-7,9-12,25H,8,13-20H2,1-3H3,(H,30,33)(H,31,34)(H,32,35). The SMILES string of the molecule is CC(C)(C)OC(=O)NCCOCCOCC(=O)NCCCNC(=O)OCC1c2ccccc2-c2ccccc21. The van der Waals surface area contributed by atoms with Crippen LogP contribution in [-0.2, 0) is 23.7 Å². The van der Waals surface area contributed by atoms with Crippen molar-refractivity contribution >= 4 is 18.1 Å². The Morgan fingerprint density at radius 1 is 0.744 bits per heavy atom. The molecule has 0 atom stereocenters. The molecule has 0 saturated carbocycles. The van der Waals surface area contributed by atoms with Crippen molar-refractivity contribution in [3.8, 4) is 11.1 Å². The third kappa shape index (κ3) is 10.2. The summed E-state index contributed by atoms with van der Waals surface area (Å²) >= 11 is 0. The van der Waals surface area contributed by atoms with Gasteiger partial charge in [-0.25, -0.2) is 9.59 Å². The fourth-order valence-electron chi connectivity index (χ4n) is 4.13. The van der Waals surface area contributed by atoms with Crippen molar-refractivity contribution in [3.05, 3.63) is 59.7 Å². The lowest BCUT2D eigenvalue weighted by atomic mass is 9.98. The molecule has 0 bridgehead atoms. The summed E-state index contributed by atoms with van der Waals surface area (Å²) in [7, 11) is 0. The van der Waals surface area contributed by atoms with Gasteiger partial charge in [0, 0.05) is 25.6 Å². The molecule has 0 unspecified atom stereocenters. The Labute approximate surface area is 229 Å². The highest BCUT2D eigenvalue weighted by molar-refractivity contribution is 5.79. The monoisotopic (exact) mass is 541 g/mol. The number of alkyl carbamates (subject to hydrolysis) is 2. The van der Waals surface area contributed by atoms with Crippen molar-refractivity contribution < 1.29 is 33.3 Å². The molecule has 0 heterocycles. The van der Waals surface area contributed by atoms with Crippen molar-refractivity contribution in [2.45, 2.75) is 38.7 Å². The van der Waals surface area contributed by atoms with Gasteiger partial charge in [0.25, 0.3) is 0 Å². The Bertz CT molecular complexity index is 1050. The van der Waals surface area contributed by atoms with Gasteiger partial charge in [-0.3, -0.25) is 4.79 Å². The van der Waals surface area contributed by atoms with Crippen molar-refractivity contribution in [3.63, 3.8) is 0 Å². The highest BCUT2D eigenvalue weighted by Crippen LogP contribution is 2.44. The number of hydrogen-bond donors (Lipinski definition) is 3. The van der Waals surface area contributed by atoms with Gasteiger partial charge in [0.2, 0.25) is 5.91 Å². The van der Waals surface area contributed by atoms with E-state index in [4.69, 9.17) is 18.9 Å². The summed E-state index contributed by atoms with van der Waals surface area (Å²) in [5.41, 5.74) is 4.15. The van der Waals surface area contributed by atoms with Gasteiger partial charge < -0.3 is 34.9 Å². The van der Waals surface area contributed by atoms with Crippen LogP contribution in [0.1, 0.15) is 44.2 Å². The largest absolute Gasteiger partial charge is 0.449 e. The van der Waals surface area contributed by atoms with Crippen molar-refractivity contribution in [2.75, 3.05) is 52.7 Å². The Morgan fingerprint density at radius 2 is 1.33 bits per heavy atom. The normalized spacial score (nSPS) is 12.3. The van der Waals surface area contributed by atoms with Crippen LogP contribution >= 0.6 is 0 Å². The molecule has 0 spiro atoms. The molecule has 2 aromatic rings. The Hall–Kier alpha value is -3.63. The van der Waals surface area contributed by atoms with Crippen LogP contribution in [0, 0.1) is 0 Å². The van der Waals surface area contributed by atoms with Gasteiger partial charge in [-0.1, -0.05) is 48.5 Å². The zero-order valence-electron chi connectivity index (χ0n) is 22.9. The minimum Gasteiger partial charge on any atom is -0.449 e. The predicted molar refractivity (Wildman–Crippen MR) is 147 cm³/mol. The summed E-state index contributed by atoms with van der Waals surface area (Å²) in [6.45, 7) is 7.52. The van der Waals surface area contributed by atoms with E-state index in [1.165, 1.54) is 11.1 Å². The molecule has 1 aliphatic rings. The second kappa shape index (κ2) is 15.1. The molecule has 10 heteroatoms. The summed E-state index contributed by atoms with van der Waals surface area (Å²) in [5.74, 6) is -0.232. The first-order chi connectivity index (χ1) is 18.7. The predicted octanol–water partition coefficient (Wildman–Crippen LogP) is 3.59. The fraction of sp³-hybridized carbons (Fsp3) is 0.483. The minimum atomic E-state index is -0.543. The molecule has 10 nitrogen and oxygen atoms in total. The number of carbonyl (C=O) groups excluding carboxylic acids is 3. The maximum absolute atomic E-state index is 12.2. The molecule has 0 aromatic heterocycles. The zero-order chi connectivity index (χ0) is 28.1. The lowest BCUT2D eigenvalue weighted by molar-refractivity contribution is -0.126. The molecule has 3 N–H and O–H groups in total. The van der Waals surface area contributed by atoms with E-state index in [1.54, 1.807) is 20.8 Å². The van der Waals surface area contributed by atoms with Crippen molar-refractivity contribution in [2.24, 2.45) is 0 Å². The summed E-state index contributed by atoms with van der Waals surface area (Å²) < 4.78 is 21.2. The van der Waals surface area contributed by atoms with E-state index < -0.39 is 17.8 Å². The first kappa shape index (κ1) is 29.9. The van der Waals surface area contributed by atoms with Crippen LogP contribution < -0.4 is 16.0 Å². The highest BCUT2D eigenvalue weighted by atomic mass is 16.6. The first-order valence-electron chi connectivity index (χ1n) is 13.2. The lowest BCUT2D eigenvalue weighted by Crippen LogP contribution is -2.34. The molecule has 1 aliphatic carbocycles. The Kier molecular flexibility index (Phi) is 11.6. The molecule has 0 fully saturated rings. The van der Waals surface area contributed by atoms with Gasteiger partial charge >= 0.3 is 12.2 Å². The molecule has 39 heavy (non-hydrogen) atoms. The molecule has 3 rings (SSSR count). The number of hydrogen-bond acceptors (Lipinski definition) is 7. The third-order valence-corrected chi connectivity index (χ3v) is 5.81. The molecule has 0 saturated heterocycles. The lowest BCUT2D eigenvalue weighted by Gasteiger charge is -2.19. The Morgan fingerprint density at radius 3 is 2.00 bits per heavy atom. The van der Waals surface area contributed by atoms with Crippen LogP contribution in [0.2, 0.25) is 0 Å². The van der Waals surface area contributed by atoms with Crippen LogP contribution in [0.25, 0.3) is 11.1 Å². The second-order valence-corrected chi connectivity index (χ2v) is 10.0. The van der Waals surface area contributed by atoms with Gasteiger partial charge in [0.05, 0.1) is 19.8 Å². The highest BCUT2D eigenvalue weighted by Gasteiger charge is 2.28. The van der Waals surface area contributed by atoms with Gasteiger partial charge in [0.15, 0.2) is 0 Å². The quantitative estimate of drug-likeness (QED) is 0.312. The fourth-order valence-corrected chi connectivity index (χ4v) is 4.13. The maximum Gasteiger partial charge on any atom is 0.407 e. The second-order valence-electron chi connectivity index (χ2n) is 10.0. The van der Waals surface area contributed by atoms with Crippen LogP contribution in [0.15, 0.2) is 48.5 Å². The van der Waals surface area contributed by atoms with Gasteiger partial charge in [-0.15, -0.1) is 0 Å². The number of benzene rings is 2. The summed E-state index contributed by atoms with van der Waals surface area (Å²) in [6, 6.07) is 16.4. The molecule has 3 amide bonds. The van der Waals surface area contributed by atoms with Crippen LogP contribution in [-0.4, -0.2) is 76.4 Å². The average Bonchev–Trinajstić information content (AvgIpc) is 3.21. The van der Waals surface area contributed by atoms with Gasteiger partial charge in [-0.05, 0) is 49.4 Å². The third-order valence-electron chi connectivity index (χ3n) is 5.81. The summed E-state index contributed by atoms with van der Waals surface area (Å²) in [5, 5.41) is 8.06. The van der Waals surface area contributed by atoms with Crippen molar-refractivity contribution in [1.29, 1.82) is 0 Å². The molecule has 0 radical (unpaired) electrons. The zero-order valence-corrected chi connectivity index (χ0v) is 22.9. The average molecular weight is 542 g/mol. The van der Waals surface area contributed by atoms with Gasteiger partial charge in [0.1, 0.15) is 18.8 Å². The van der Waals surface area contributed by atoms with Crippen LogP contribution in [0.5, 0.6) is 0 Å². The van der Waals surface area contributed by atoms with E-state index in [2.05, 4.69) is 40.2 Å². The number of ether oxygens (including phenoxy) is 4. The van der Waals surface area contributed by atoms with Crippen LogP contribution in [0.3, 0.4) is 0 Å². The maximum atomic E-state index is 12.2. The smallest absolute Gasteiger partial charge is 0.407 e. The Balaban J connectivity index is 1.17. The van der Waals surface area contributed by atoms with E-state index in [9.17, 15) is 14.4 Å². The number of fused-ring (bicyclic) bond motifs is 3. The topological polar surface area (TPSA) is 124 Å². The number of amides is 3. The number of rotatable bonds is 14.